The van der Waals surface area contributed by atoms with Gasteiger partial charge in [0.2, 0.25) is 0 Å². The molecule has 2 heterocycles. The third-order valence-corrected chi connectivity index (χ3v) is 4.04. The van der Waals surface area contributed by atoms with Gasteiger partial charge in [-0.25, -0.2) is 0 Å². The molecule has 0 fully saturated rings. The quantitative estimate of drug-likeness (QED) is 0.711. The number of benzene rings is 1. The molecule has 0 saturated heterocycles. The number of nitrogens with zero attached hydrogens (tertiary/aromatic N) is 4. The van der Waals surface area contributed by atoms with Gasteiger partial charge in [-0.1, -0.05) is 17.7 Å². The summed E-state index contributed by atoms with van der Waals surface area (Å²) in [5, 5.41) is 7.93. The van der Waals surface area contributed by atoms with E-state index in [0.29, 0.717) is 10.9 Å². The van der Waals surface area contributed by atoms with Crippen molar-refractivity contribution in [3.05, 3.63) is 45.3 Å². The van der Waals surface area contributed by atoms with Gasteiger partial charge in [-0.2, -0.15) is 19.6 Å². The molecular weight excluding hydrogens is 342 g/mol. The molecule has 0 unspecified atom stereocenters. The first-order valence-corrected chi connectivity index (χ1v) is 7.12. The van der Waals surface area contributed by atoms with E-state index in [2.05, 4.69) is 36.3 Å². The molecule has 0 bridgehead atoms. The minimum atomic E-state index is 0.414. The molecule has 1 N–H and O–H groups in total. The first kappa shape index (κ1) is 13.3. The third-order valence-electron chi connectivity index (χ3n) is 2.98. The summed E-state index contributed by atoms with van der Waals surface area (Å²) in [6.07, 6.45) is 1.45. The number of anilines is 2. The van der Waals surface area contributed by atoms with Crippen LogP contribution in [-0.2, 0) is 0 Å². The van der Waals surface area contributed by atoms with Crippen molar-refractivity contribution in [1.29, 1.82) is 0 Å². The minimum Gasteiger partial charge on any atom is -0.339 e. The Hall–Kier alpha value is -1.66. The Balaban J connectivity index is 2.17. The van der Waals surface area contributed by atoms with Crippen LogP contribution in [-0.4, -0.2) is 19.6 Å². The Morgan fingerprint density at radius 2 is 2.10 bits per heavy atom. The molecule has 1 aromatic carbocycles. The number of fused-ring (bicyclic) bond motifs is 1. The van der Waals surface area contributed by atoms with E-state index in [1.54, 1.807) is 4.52 Å². The molecule has 0 aliphatic heterocycles. The Labute approximate surface area is 129 Å². The minimum absolute atomic E-state index is 0.414. The van der Waals surface area contributed by atoms with Crippen molar-refractivity contribution in [2.75, 3.05) is 5.32 Å². The van der Waals surface area contributed by atoms with Crippen molar-refractivity contribution < 1.29 is 0 Å². The van der Waals surface area contributed by atoms with E-state index in [4.69, 9.17) is 11.6 Å². The summed E-state index contributed by atoms with van der Waals surface area (Å²) in [6.45, 7) is 3.93. The smallest absolute Gasteiger partial charge is 0.255 e. The van der Waals surface area contributed by atoms with Crippen molar-refractivity contribution in [3.63, 3.8) is 0 Å². The highest BCUT2D eigenvalue weighted by Crippen LogP contribution is 2.30. The lowest BCUT2D eigenvalue weighted by Gasteiger charge is -2.13. The van der Waals surface area contributed by atoms with Crippen LogP contribution in [0.1, 0.15) is 11.1 Å². The summed E-state index contributed by atoms with van der Waals surface area (Å²) in [5.41, 5.74) is 2.91. The van der Waals surface area contributed by atoms with E-state index in [1.807, 2.05) is 32.0 Å². The lowest BCUT2D eigenvalue weighted by atomic mass is 10.2. The van der Waals surface area contributed by atoms with Crippen LogP contribution in [0.15, 0.2) is 29.0 Å². The van der Waals surface area contributed by atoms with E-state index in [9.17, 15) is 0 Å². The zero-order valence-corrected chi connectivity index (χ0v) is 13.2. The highest BCUT2D eigenvalue weighted by atomic mass is 79.9. The number of hydrogen-bond donors (Lipinski definition) is 1. The van der Waals surface area contributed by atoms with Gasteiger partial charge in [-0.15, -0.1) is 0 Å². The molecule has 0 spiro atoms. The predicted molar refractivity (Wildman–Crippen MR) is 82.7 cm³/mol. The van der Waals surface area contributed by atoms with Crippen LogP contribution < -0.4 is 5.32 Å². The Bertz CT molecular complexity index is 799. The van der Waals surface area contributed by atoms with E-state index in [1.165, 1.54) is 6.33 Å². The lowest BCUT2D eigenvalue weighted by molar-refractivity contribution is 0.936. The molecule has 0 saturated carbocycles. The summed E-state index contributed by atoms with van der Waals surface area (Å²) < 4.78 is 2.60. The van der Waals surface area contributed by atoms with Crippen LogP contribution in [0.3, 0.4) is 0 Å². The van der Waals surface area contributed by atoms with Gasteiger partial charge in [0.25, 0.3) is 5.78 Å². The van der Waals surface area contributed by atoms with Gasteiger partial charge in [-0.05, 0) is 47.5 Å². The van der Waals surface area contributed by atoms with Crippen molar-refractivity contribution in [2.24, 2.45) is 0 Å². The van der Waals surface area contributed by atoms with Gasteiger partial charge in [0.1, 0.15) is 17.3 Å². The maximum Gasteiger partial charge on any atom is 0.255 e. The Morgan fingerprint density at radius 3 is 2.90 bits per heavy atom. The van der Waals surface area contributed by atoms with Crippen molar-refractivity contribution in [2.45, 2.75) is 13.8 Å². The summed E-state index contributed by atoms with van der Waals surface area (Å²) in [6, 6.07) is 6.07. The fourth-order valence-corrected chi connectivity index (χ4v) is 2.42. The Kier molecular flexibility index (Phi) is 3.35. The molecule has 3 aromatic rings. The average molecular weight is 353 g/mol. The molecule has 0 atom stereocenters. The van der Waals surface area contributed by atoms with Crippen LogP contribution in [0, 0.1) is 13.8 Å². The second-order valence-electron chi connectivity index (χ2n) is 4.46. The first-order valence-electron chi connectivity index (χ1n) is 5.95. The first-order chi connectivity index (χ1) is 9.56. The largest absolute Gasteiger partial charge is 0.339 e. The van der Waals surface area contributed by atoms with Crippen LogP contribution in [0.25, 0.3) is 5.78 Å². The maximum absolute atomic E-state index is 6.14. The molecule has 20 heavy (non-hydrogen) atoms. The number of rotatable bonds is 2. The molecule has 0 aliphatic carbocycles. The number of aromatic nitrogens is 4. The molecular formula is C13H11BrClN5. The Morgan fingerprint density at radius 1 is 1.30 bits per heavy atom. The van der Waals surface area contributed by atoms with Crippen LogP contribution in [0.4, 0.5) is 11.5 Å². The van der Waals surface area contributed by atoms with Crippen LogP contribution in [0.2, 0.25) is 5.15 Å². The highest BCUT2D eigenvalue weighted by Gasteiger charge is 2.13. The van der Waals surface area contributed by atoms with Crippen LogP contribution >= 0.6 is 27.5 Å². The van der Waals surface area contributed by atoms with Crippen molar-refractivity contribution in [1.82, 2.24) is 19.6 Å². The van der Waals surface area contributed by atoms with Gasteiger partial charge >= 0.3 is 0 Å². The van der Waals surface area contributed by atoms with Gasteiger partial charge in [0.15, 0.2) is 0 Å². The van der Waals surface area contributed by atoms with Crippen LogP contribution in [0.5, 0.6) is 0 Å². The fraction of sp³-hybridized carbons (Fsp3) is 0.154. The van der Waals surface area contributed by atoms with Gasteiger partial charge in [0.05, 0.1) is 5.69 Å². The van der Waals surface area contributed by atoms with E-state index >= 15 is 0 Å². The van der Waals surface area contributed by atoms with Gasteiger partial charge < -0.3 is 5.32 Å². The molecule has 0 aliphatic rings. The van der Waals surface area contributed by atoms with Crippen molar-refractivity contribution >= 4 is 44.8 Å². The summed E-state index contributed by atoms with van der Waals surface area (Å²) >= 11 is 9.67. The van der Waals surface area contributed by atoms with Crippen molar-refractivity contribution in [3.8, 4) is 0 Å². The van der Waals surface area contributed by atoms with E-state index < -0.39 is 0 Å². The second-order valence-corrected chi connectivity index (χ2v) is 5.67. The average Bonchev–Trinajstić information content (AvgIpc) is 2.86. The topological polar surface area (TPSA) is 55.1 Å². The fourth-order valence-electron chi connectivity index (χ4n) is 1.91. The van der Waals surface area contributed by atoms with E-state index in [-0.39, 0.29) is 0 Å². The lowest BCUT2D eigenvalue weighted by Crippen LogP contribution is -2.05. The number of hydrogen-bond acceptors (Lipinski definition) is 4. The molecule has 7 heteroatoms. The molecule has 102 valence electrons. The zero-order valence-electron chi connectivity index (χ0n) is 10.9. The molecule has 2 aromatic heterocycles. The summed E-state index contributed by atoms with van der Waals surface area (Å²) in [7, 11) is 0. The van der Waals surface area contributed by atoms with Gasteiger partial charge in [-0.3, -0.25) is 0 Å². The number of aryl methyl sites for hydroxylation is 1. The highest BCUT2D eigenvalue weighted by molar-refractivity contribution is 9.10. The molecule has 5 nitrogen and oxygen atoms in total. The molecule has 0 radical (unpaired) electrons. The van der Waals surface area contributed by atoms with Gasteiger partial charge in [0, 0.05) is 10.0 Å². The number of nitrogens with one attached hydrogen (secondary N) is 1. The summed E-state index contributed by atoms with van der Waals surface area (Å²) in [5.74, 6) is 1.22. The SMILES string of the molecule is Cc1ccc(Br)c(Nc2c(C)c(Cl)nc3ncnn23)c1. The summed E-state index contributed by atoms with van der Waals surface area (Å²) in [4.78, 5) is 8.25. The maximum atomic E-state index is 6.14. The zero-order chi connectivity index (χ0) is 14.3. The molecule has 0 amide bonds. The number of halogens is 2. The third kappa shape index (κ3) is 2.25. The monoisotopic (exact) mass is 351 g/mol. The normalized spacial score (nSPS) is 11.0. The molecule has 3 rings (SSSR count). The second kappa shape index (κ2) is 5.03. The standard InChI is InChI=1S/C13H11BrClN5/c1-7-3-4-9(14)10(5-7)18-12-8(2)11(15)19-13-16-6-17-20(12)13/h3-6,18H,1-2H3. The van der Waals surface area contributed by atoms with E-state index in [0.717, 1.165) is 27.1 Å². The predicted octanol–water partition coefficient (Wildman–Crippen LogP) is 3.90.